The highest BCUT2D eigenvalue weighted by atomic mass is 32.1. The predicted octanol–water partition coefficient (Wildman–Crippen LogP) is 12.1. The monoisotopic (exact) mass is 578 g/mol. The fraction of sp³-hybridized carbons (Fsp3) is 0.605. The van der Waals surface area contributed by atoms with Gasteiger partial charge in [0.05, 0.1) is 18.8 Å². The van der Waals surface area contributed by atoms with E-state index in [1.165, 1.54) is 115 Å². The molecular formula is C38H58O2S. The number of hydrogen-bond acceptors (Lipinski definition) is 3. The van der Waals surface area contributed by atoms with Crippen molar-refractivity contribution in [2.24, 2.45) is 0 Å². The lowest BCUT2D eigenvalue weighted by atomic mass is 10.0. The third kappa shape index (κ3) is 15.6. The number of rotatable bonds is 25. The van der Waals surface area contributed by atoms with Crippen LogP contribution in [0.2, 0.25) is 0 Å². The van der Waals surface area contributed by atoms with Crippen LogP contribution in [0.3, 0.4) is 0 Å². The van der Waals surface area contributed by atoms with Crippen LogP contribution in [-0.2, 0) is 6.42 Å². The Labute approximate surface area is 258 Å². The first kappa shape index (κ1) is 35.1. The first-order valence-electron chi connectivity index (χ1n) is 16.9. The summed E-state index contributed by atoms with van der Waals surface area (Å²) in [5, 5.41) is 0. The van der Waals surface area contributed by atoms with Gasteiger partial charge in [-0.2, -0.15) is 0 Å². The van der Waals surface area contributed by atoms with Gasteiger partial charge in [-0.3, -0.25) is 0 Å². The molecule has 0 saturated heterocycles. The van der Waals surface area contributed by atoms with E-state index in [1.54, 1.807) is 0 Å². The van der Waals surface area contributed by atoms with Gasteiger partial charge in [-0.15, -0.1) is 0 Å². The zero-order valence-corrected chi connectivity index (χ0v) is 27.4. The van der Waals surface area contributed by atoms with Crippen molar-refractivity contribution in [2.45, 2.75) is 136 Å². The number of thiocarbonyl (C=S) groups is 1. The molecule has 2 rings (SSSR count). The summed E-state index contributed by atoms with van der Waals surface area (Å²) in [6.45, 7) is 7.61. The molecule has 0 aliphatic heterocycles. The zero-order chi connectivity index (χ0) is 29.4. The van der Waals surface area contributed by atoms with E-state index in [2.05, 4.69) is 19.1 Å². The van der Waals surface area contributed by atoms with Crippen molar-refractivity contribution in [1.29, 1.82) is 0 Å². The summed E-state index contributed by atoms with van der Waals surface area (Å²) >= 11 is 5.65. The number of hydrogen-bond donors (Lipinski definition) is 0. The fourth-order valence-corrected chi connectivity index (χ4v) is 5.63. The van der Waals surface area contributed by atoms with Crippen molar-refractivity contribution in [3.05, 3.63) is 65.2 Å². The molecule has 3 heteroatoms. The molecule has 0 aromatic heterocycles. The Morgan fingerprint density at radius 3 is 1.49 bits per heavy atom. The molecule has 0 atom stereocenters. The van der Waals surface area contributed by atoms with E-state index in [1.807, 2.05) is 56.3 Å². The molecule has 2 aromatic carbocycles. The molecule has 0 fully saturated rings. The van der Waals surface area contributed by atoms with Crippen molar-refractivity contribution in [1.82, 2.24) is 0 Å². The van der Waals surface area contributed by atoms with Crippen LogP contribution in [0.25, 0.3) is 6.08 Å². The number of unbranched alkanes of at least 4 members (excludes halogenated alkanes) is 16. The summed E-state index contributed by atoms with van der Waals surface area (Å²) in [5.41, 5.74) is 3.31. The summed E-state index contributed by atoms with van der Waals surface area (Å²) < 4.78 is 12.1. The molecule has 0 spiro atoms. The normalized spacial score (nSPS) is 11.3. The molecule has 0 N–H and O–H groups in total. The lowest BCUT2D eigenvalue weighted by Gasteiger charge is -2.15. The lowest BCUT2D eigenvalue weighted by molar-refractivity contribution is 0.321. The second-order valence-corrected chi connectivity index (χ2v) is 11.8. The van der Waals surface area contributed by atoms with Gasteiger partial charge in [0.15, 0.2) is 0 Å². The van der Waals surface area contributed by atoms with Crippen molar-refractivity contribution < 1.29 is 9.47 Å². The van der Waals surface area contributed by atoms with Gasteiger partial charge in [0.1, 0.15) is 11.5 Å². The summed E-state index contributed by atoms with van der Waals surface area (Å²) in [4.78, 5) is 0.808. The standard InChI is InChI=1S/C38H58O2S/c1-4-7-8-9-10-11-12-13-14-15-16-17-18-19-20-21-23-26-33-31-36(39-5-2)35(37(32-33)40-6-3)29-30-38(41)34-27-24-22-25-28-34/h22,24-25,27-32H,4-21,23,26H2,1-3H3. The Morgan fingerprint density at radius 1 is 0.610 bits per heavy atom. The zero-order valence-electron chi connectivity index (χ0n) is 26.6. The van der Waals surface area contributed by atoms with Crippen molar-refractivity contribution in [3.8, 4) is 11.5 Å². The van der Waals surface area contributed by atoms with Crippen LogP contribution in [0, 0.1) is 0 Å². The topological polar surface area (TPSA) is 18.5 Å². The Morgan fingerprint density at radius 2 is 1.05 bits per heavy atom. The Kier molecular flexibility index (Phi) is 20.0. The third-order valence-electron chi connectivity index (χ3n) is 7.79. The molecule has 0 amide bonds. The van der Waals surface area contributed by atoms with Crippen LogP contribution >= 0.6 is 12.2 Å². The van der Waals surface area contributed by atoms with Crippen molar-refractivity contribution >= 4 is 23.2 Å². The van der Waals surface area contributed by atoms with Crippen molar-refractivity contribution in [2.75, 3.05) is 13.2 Å². The van der Waals surface area contributed by atoms with Crippen LogP contribution in [0.1, 0.15) is 147 Å². The Balaban J connectivity index is 1.68. The van der Waals surface area contributed by atoms with Gasteiger partial charge in [-0.25, -0.2) is 0 Å². The minimum absolute atomic E-state index is 0.623. The summed E-state index contributed by atoms with van der Waals surface area (Å²) in [5.74, 6) is 1.76. The number of ether oxygens (including phenoxy) is 2. The van der Waals surface area contributed by atoms with E-state index in [-0.39, 0.29) is 0 Å². The first-order valence-corrected chi connectivity index (χ1v) is 17.3. The van der Waals surface area contributed by atoms with E-state index in [0.717, 1.165) is 33.9 Å². The van der Waals surface area contributed by atoms with Gasteiger partial charge in [0, 0.05) is 4.86 Å². The van der Waals surface area contributed by atoms with Gasteiger partial charge in [0.2, 0.25) is 0 Å². The molecule has 0 saturated carbocycles. The Hall–Kier alpha value is -2.13. The van der Waals surface area contributed by atoms with Gasteiger partial charge in [-0.05, 0) is 62.1 Å². The summed E-state index contributed by atoms with van der Waals surface area (Å²) in [7, 11) is 0. The molecule has 0 unspecified atom stereocenters. The smallest absolute Gasteiger partial charge is 0.130 e. The largest absolute Gasteiger partial charge is 0.493 e. The maximum atomic E-state index is 6.06. The number of allylic oxidation sites excluding steroid dienone is 1. The molecule has 2 nitrogen and oxygen atoms in total. The van der Waals surface area contributed by atoms with Gasteiger partial charge < -0.3 is 9.47 Å². The fourth-order valence-electron chi connectivity index (χ4n) is 5.43. The van der Waals surface area contributed by atoms with Crippen LogP contribution in [0.5, 0.6) is 11.5 Å². The number of benzene rings is 2. The van der Waals surface area contributed by atoms with E-state index in [4.69, 9.17) is 21.7 Å². The molecule has 0 aliphatic rings. The maximum Gasteiger partial charge on any atom is 0.130 e. The van der Waals surface area contributed by atoms with Gasteiger partial charge >= 0.3 is 0 Å². The van der Waals surface area contributed by atoms with Crippen LogP contribution in [0.15, 0.2) is 48.5 Å². The van der Waals surface area contributed by atoms with Gasteiger partial charge in [-0.1, -0.05) is 152 Å². The minimum atomic E-state index is 0.623. The van der Waals surface area contributed by atoms with Crippen LogP contribution in [0.4, 0.5) is 0 Å². The number of aryl methyl sites for hydroxylation is 1. The molecular weight excluding hydrogens is 520 g/mol. The van der Waals surface area contributed by atoms with Crippen LogP contribution < -0.4 is 9.47 Å². The van der Waals surface area contributed by atoms with E-state index in [9.17, 15) is 0 Å². The van der Waals surface area contributed by atoms with Gasteiger partial charge in [0.25, 0.3) is 0 Å². The predicted molar refractivity (Wildman–Crippen MR) is 184 cm³/mol. The molecule has 228 valence electrons. The molecule has 2 aromatic rings. The third-order valence-corrected chi connectivity index (χ3v) is 8.16. The maximum absolute atomic E-state index is 6.06. The van der Waals surface area contributed by atoms with Crippen molar-refractivity contribution in [3.63, 3.8) is 0 Å². The molecule has 0 bridgehead atoms. The molecule has 0 heterocycles. The lowest BCUT2D eigenvalue weighted by Crippen LogP contribution is -2.02. The van der Waals surface area contributed by atoms with E-state index in [0.29, 0.717) is 13.2 Å². The second-order valence-electron chi connectivity index (χ2n) is 11.3. The van der Waals surface area contributed by atoms with E-state index >= 15 is 0 Å². The Bertz CT molecular complexity index is 938. The highest BCUT2D eigenvalue weighted by Gasteiger charge is 2.12. The average molecular weight is 579 g/mol. The quantitative estimate of drug-likeness (QED) is 0.0505. The SMILES string of the molecule is CCCCCCCCCCCCCCCCCCCc1cc(OCC)c(C=CC(=S)c2ccccc2)c(OCC)c1. The minimum Gasteiger partial charge on any atom is -0.493 e. The summed E-state index contributed by atoms with van der Waals surface area (Å²) in [6, 6.07) is 14.5. The molecule has 0 radical (unpaired) electrons. The first-order chi connectivity index (χ1) is 20.2. The highest BCUT2D eigenvalue weighted by Crippen LogP contribution is 2.33. The molecule has 0 aliphatic carbocycles. The summed E-state index contributed by atoms with van der Waals surface area (Å²) in [6.07, 6.45) is 28.9. The highest BCUT2D eigenvalue weighted by molar-refractivity contribution is 7.81. The average Bonchev–Trinajstić information content (AvgIpc) is 2.99. The van der Waals surface area contributed by atoms with E-state index < -0.39 is 0 Å². The second kappa shape index (κ2) is 23.4. The molecule has 41 heavy (non-hydrogen) atoms. The van der Waals surface area contributed by atoms with Crippen LogP contribution in [-0.4, -0.2) is 18.1 Å².